The second kappa shape index (κ2) is 12.0. The van der Waals surface area contributed by atoms with E-state index in [1.54, 1.807) is 0 Å². The summed E-state index contributed by atoms with van der Waals surface area (Å²) in [5.41, 5.74) is -0.584. The molecule has 0 bridgehead atoms. The van der Waals surface area contributed by atoms with Gasteiger partial charge in [0.05, 0.1) is 11.1 Å². The lowest BCUT2D eigenvalue weighted by atomic mass is 10.1. The van der Waals surface area contributed by atoms with Crippen LogP contribution in [-0.2, 0) is 19.1 Å². The SMILES string of the molecule is CCCCC(O)C(=O)OC(=O)c1ccccc1C(=O)OC(=O)C(O)CCCC. The van der Waals surface area contributed by atoms with E-state index in [1.165, 1.54) is 24.3 Å². The van der Waals surface area contributed by atoms with Crippen molar-refractivity contribution in [1.82, 2.24) is 0 Å². The predicted octanol–water partition coefficient (Wildman–Crippen LogP) is 2.16. The summed E-state index contributed by atoms with van der Waals surface area (Å²) < 4.78 is 9.24. The van der Waals surface area contributed by atoms with Crippen LogP contribution in [0.2, 0.25) is 0 Å². The highest BCUT2D eigenvalue weighted by molar-refractivity contribution is 6.08. The quantitative estimate of drug-likeness (QED) is 0.456. The number of hydrogen-bond donors (Lipinski definition) is 2. The molecule has 8 nitrogen and oxygen atoms in total. The Morgan fingerprint density at radius 2 is 1.14 bits per heavy atom. The molecule has 154 valence electrons. The van der Waals surface area contributed by atoms with E-state index in [4.69, 9.17) is 0 Å². The molecule has 0 spiro atoms. The van der Waals surface area contributed by atoms with Gasteiger partial charge in [-0.1, -0.05) is 51.7 Å². The molecule has 0 fully saturated rings. The van der Waals surface area contributed by atoms with E-state index in [2.05, 4.69) is 9.47 Å². The van der Waals surface area contributed by atoms with Crippen molar-refractivity contribution in [2.75, 3.05) is 0 Å². The molecular formula is C20H26O8. The Kier molecular flexibility index (Phi) is 10.0. The van der Waals surface area contributed by atoms with Crippen LogP contribution in [0.1, 0.15) is 73.1 Å². The van der Waals surface area contributed by atoms with Crippen LogP contribution in [0.5, 0.6) is 0 Å². The van der Waals surface area contributed by atoms with Crippen LogP contribution in [0.3, 0.4) is 0 Å². The third-order valence-electron chi connectivity index (χ3n) is 3.96. The van der Waals surface area contributed by atoms with Crippen molar-refractivity contribution in [3.8, 4) is 0 Å². The van der Waals surface area contributed by atoms with Crippen LogP contribution in [0, 0.1) is 0 Å². The van der Waals surface area contributed by atoms with Crippen LogP contribution in [0.15, 0.2) is 24.3 Å². The van der Waals surface area contributed by atoms with Gasteiger partial charge in [0.15, 0.2) is 12.2 Å². The van der Waals surface area contributed by atoms with Gasteiger partial charge in [-0.05, 0) is 25.0 Å². The summed E-state index contributed by atoms with van der Waals surface area (Å²) in [6.45, 7) is 3.76. The Bertz CT molecular complexity index is 638. The molecule has 2 unspecified atom stereocenters. The number of esters is 4. The number of carbonyl (C=O) groups excluding carboxylic acids is 4. The molecule has 1 aromatic rings. The van der Waals surface area contributed by atoms with E-state index in [9.17, 15) is 29.4 Å². The fourth-order valence-corrected chi connectivity index (χ4v) is 2.30. The number of carbonyl (C=O) groups is 4. The van der Waals surface area contributed by atoms with Crippen molar-refractivity contribution < 1.29 is 38.9 Å². The summed E-state index contributed by atoms with van der Waals surface area (Å²) in [5.74, 6) is -4.53. The van der Waals surface area contributed by atoms with Crippen LogP contribution in [-0.4, -0.2) is 46.3 Å². The molecule has 0 aliphatic rings. The van der Waals surface area contributed by atoms with E-state index in [0.717, 1.165) is 12.8 Å². The molecule has 28 heavy (non-hydrogen) atoms. The first kappa shape index (κ1) is 23.5. The van der Waals surface area contributed by atoms with E-state index in [-0.39, 0.29) is 24.0 Å². The first-order chi connectivity index (χ1) is 13.3. The van der Waals surface area contributed by atoms with E-state index >= 15 is 0 Å². The van der Waals surface area contributed by atoms with Gasteiger partial charge in [0.2, 0.25) is 0 Å². The fraction of sp³-hybridized carbons (Fsp3) is 0.500. The lowest BCUT2D eigenvalue weighted by Crippen LogP contribution is -2.28. The topological polar surface area (TPSA) is 127 Å². The molecule has 0 saturated heterocycles. The molecule has 8 heteroatoms. The zero-order valence-corrected chi connectivity index (χ0v) is 16.1. The van der Waals surface area contributed by atoms with Gasteiger partial charge in [-0.25, -0.2) is 19.2 Å². The molecule has 0 amide bonds. The Balaban J connectivity index is 2.83. The molecular weight excluding hydrogens is 368 g/mol. The minimum atomic E-state index is -1.45. The standard InChI is InChI=1S/C20H26O8/c1-3-5-11-15(21)19(25)27-17(23)13-9-7-8-10-14(13)18(24)28-20(26)16(22)12-6-4-2/h7-10,15-16,21-22H,3-6,11-12H2,1-2H3. The number of rotatable bonds is 10. The third kappa shape index (κ3) is 7.21. The summed E-state index contributed by atoms with van der Waals surface area (Å²) in [4.78, 5) is 48.0. The number of aliphatic hydroxyl groups excluding tert-OH is 2. The summed E-state index contributed by atoms with van der Waals surface area (Å²) in [7, 11) is 0. The summed E-state index contributed by atoms with van der Waals surface area (Å²) in [5, 5.41) is 19.4. The predicted molar refractivity (Wildman–Crippen MR) is 98.4 cm³/mol. The van der Waals surface area contributed by atoms with Crippen molar-refractivity contribution in [3.63, 3.8) is 0 Å². The largest absolute Gasteiger partial charge is 0.387 e. The maximum atomic E-state index is 12.2. The zero-order chi connectivity index (χ0) is 21.1. The minimum Gasteiger partial charge on any atom is -0.387 e. The summed E-state index contributed by atoms with van der Waals surface area (Å²) in [6.07, 6.45) is 0.0750. The average molecular weight is 394 g/mol. The lowest BCUT2D eigenvalue weighted by molar-refractivity contribution is -0.149. The molecule has 0 saturated carbocycles. The minimum absolute atomic E-state index is 0.149. The van der Waals surface area contributed by atoms with Gasteiger partial charge in [0, 0.05) is 0 Å². The molecule has 0 aromatic heterocycles. The summed E-state index contributed by atoms with van der Waals surface area (Å²) >= 11 is 0. The highest BCUT2D eigenvalue weighted by Crippen LogP contribution is 2.14. The van der Waals surface area contributed by atoms with Gasteiger partial charge in [-0.15, -0.1) is 0 Å². The average Bonchev–Trinajstić information content (AvgIpc) is 2.69. The summed E-state index contributed by atoms with van der Waals surface area (Å²) in [6, 6.07) is 5.32. The molecule has 0 heterocycles. The van der Waals surface area contributed by atoms with Crippen molar-refractivity contribution in [2.45, 2.75) is 64.6 Å². The van der Waals surface area contributed by atoms with Crippen molar-refractivity contribution in [1.29, 1.82) is 0 Å². The van der Waals surface area contributed by atoms with Gasteiger partial charge in [0.1, 0.15) is 0 Å². The normalized spacial score (nSPS) is 12.7. The van der Waals surface area contributed by atoms with Crippen LogP contribution in [0.25, 0.3) is 0 Å². The second-order valence-electron chi connectivity index (χ2n) is 6.28. The van der Waals surface area contributed by atoms with Gasteiger partial charge in [0.25, 0.3) is 0 Å². The van der Waals surface area contributed by atoms with Crippen molar-refractivity contribution in [2.24, 2.45) is 0 Å². The Morgan fingerprint density at radius 3 is 1.46 bits per heavy atom. The fourth-order valence-electron chi connectivity index (χ4n) is 2.30. The van der Waals surface area contributed by atoms with Crippen LogP contribution in [0.4, 0.5) is 0 Å². The van der Waals surface area contributed by atoms with E-state index in [1.807, 2.05) is 13.8 Å². The Morgan fingerprint density at radius 1 is 0.786 bits per heavy atom. The number of benzene rings is 1. The first-order valence-corrected chi connectivity index (χ1v) is 9.28. The van der Waals surface area contributed by atoms with Crippen LogP contribution >= 0.6 is 0 Å². The zero-order valence-electron chi connectivity index (χ0n) is 16.1. The van der Waals surface area contributed by atoms with Crippen molar-refractivity contribution in [3.05, 3.63) is 35.4 Å². The second-order valence-corrected chi connectivity index (χ2v) is 6.28. The molecule has 0 radical (unpaired) electrons. The van der Waals surface area contributed by atoms with Gasteiger partial charge in [-0.2, -0.15) is 0 Å². The first-order valence-electron chi connectivity index (χ1n) is 9.28. The monoisotopic (exact) mass is 394 g/mol. The highest BCUT2D eigenvalue weighted by Gasteiger charge is 2.27. The van der Waals surface area contributed by atoms with Gasteiger partial charge < -0.3 is 19.7 Å². The highest BCUT2D eigenvalue weighted by atomic mass is 16.6. The Labute approximate surface area is 163 Å². The molecule has 0 aliphatic heterocycles. The lowest BCUT2D eigenvalue weighted by Gasteiger charge is -2.12. The number of ether oxygens (including phenoxy) is 2. The third-order valence-corrected chi connectivity index (χ3v) is 3.96. The number of hydrogen-bond acceptors (Lipinski definition) is 8. The molecule has 1 aromatic carbocycles. The van der Waals surface area contributed by atoms with Gasteiger partial charge in [-0.3, -0.25) is 0 Å². The number of aliphatic hydroxyl groups is 2. The Hall–Kier alpha value is -2.58. The van der Waals surface area contributed by atoms with Crippen molar-refractivity contribution >= 4 is 23.9 Å². The number of unbranched alkanes of at least 4 members (excludes halogenated alkanes) is 2. The van der Waals surface area contributed by atoms with Gasteiger partial charge >= 0.3 is 23.9 Å². The molecule has 2 N–H and O–H groups in total. The maximum absolute atomic E-state index is 12.2. The molecule has 0 aliphatic carbocycles. The van der Waals surface area contributed by atoms with Crippen LogP contribution < -0.4 is 0 Å². The molecule has 1 rings (SSSR count). The molecule has 2 atom stereocenters. The maximum Gasteiger partial charge on any atom is 0.346 e. The smallest absolute Gasteiger partial charge is 0.346 e. The van der Waals surface area contributed by atoms with E-state index < -0.39 is 36.1 Å². The van der Waals surface area contributed by atoms with E-state index in [0.29, 0.717) is 12.8 Å².